The minimum Gasteiger partial charge on any atom is -0.384 e. The van der Waals surface area contributed by atoms with Gasteiger partial charge < -0.3 is 14.4 Å². The van der Waals surface area contributed by atoms with Crippen LogP contribution >= 0.6 is 0 Å². The van der Waals surface area contributed by atoms with Gasteiger partial charge in [0.25, 0.3) is 5.89 Å². The summed E-state index contributed by atoms with van der Waals surface area (Å²) in [5.74, 6) is 0.714. The molecule has 5 nitrogen and oxygen atoms in total. The third-order valence-corrected chi connectivity index (χ3v) is 1.76. The normalized spacial score (nSPS) is 15.7. The van der Waals surface area contributed by atoms with E-state index >= 15 is 0 Å². The molecule has 0 spiro atoms. The van der Waals surface area contributed by atoms with Gasteiger partial charge in [0, 0.05) is 7.11 Å². The molecule has 0 bridgehead atoms. The molecular formula is C8H14N2O3. The van der Waals surface area contributed by atoms with Gasteiger partial charge in [-0.1, -0.05) is 12.1 Å². The predicted octanol–water partition coefficient (Wildman–Crippen LogP) is 1.22. The van der Waals surface area contributed by atoms with Crippen molar-refractivity contribution < 1.29 is 14.4 Å². The third-order valence-electron chi connectivity index (χ3n) is 1.76. The maximum Gasteiger partial charge on any atom is 0.255 e. The van der Waals surface area contributed by atoms with Gasteiger partial charge in [0.2, 0.25) is 5.82 Å². The zero-order valence-electron chi connectivity index (χ0n) is 8.02. The average Bonchev–Trinajstić information content (AvgIpc) is 2.56. The van der Waals surface area contributed by atoms with Crippen molar-refractivity contribution in [3.63, 3.8) is 0 Å². The molecule has 1 N–H and O–H groups in total. The van der Waals surface area contributed by atoms with Crippen LogP contribution < -0.4 is 0 Å². The minimum absolute atomic E-state index is 0.156. The molecule has 1 unspecified atom stereocenters. The highest BCUT2D eigenvalue weighted by Crippen LogP contribution is 2.18. The fourth-order valence-corrected chi connectivity index (χ4v) is 1.00. The number of aromatic nitrogens is 2. The molecule has 0 aliphatic heterocycles. The number of hydrogen-bond donors (Lipinski definition) is 1. The first-order chi connectivity index (χ1) is 6.19. The molecule has 1 rings (SSSR count). The Labute approximate surface area is 76.7 Å². The molecule has 0 saturated carbocycles. The van der Waals surface area contributed by atoms with Gasteiger partial charge >= 0.3 is 0 Å². The topological polar surface area (TPSA) is 68.4 Å². The zero-order chi connectivity index (χ0) is 9.84. The van der Waals surface area contributed by atoms with Gasteiger partial charge in [-0.25, -0.2) is 0 Å². The van der Waals surface area contributed by atoms with Gasteiger partial charge in [-0.15, -0.1) is 0 Å². The van der Waals surface area contributed by atoms with Crippen molar-refractivity contribution >= 4 is 0 Å². The Morgan fingerprint density at radius 1 is 1.62 bits per heavy atom. The largest absolute Gasteiger partial charge is 0.384 e. The first-order valence-electron chi connectivity index (χ1n) is 4.23. The van der Waals surface area contributed by atoms with Crippen LogP contribution in [0.4, 0.5) is 0 Å². The second kappa shape index (κ2) is 4.34. The van der Waals surface area contributed by atoms with Crippen molar-refractivity contribution in [1.29, 1.82) is 0 Å². The molecule has 0 amide bonds. The van der Waals surface area contributed by atoms with E-state index in [0.29, 0.717) is 5.82 Å². The van der Waals surface area contributed by atoms with Crippen molar-refractivity contribution in [2.45, 2.75) is 32.5 Å². The van der Waals surface area contributed by atoms with Crippen molar-refractivity contribution in [2.75, 3.05) is 7.11 Å². The van der Waals surface area contributed by atoms with Crippen LogP contribution in [0.2, 0.25) is 0 Å². The summed E-state index contributed by atoms with van der Waals surface area (Å²) in [7, 11) is 1.59. The molecule has 0 aliphatic rings. The van der Waals surface area contributed by atoms with Gasteiger partial charge in [-0.3, -0.25) is 0 Å². The summed E-state index contributed by atoms with van der Waals surface area (Å²) in [6.45, 7) is 3.54. The minimum atomic E-state index is -0.726. The highest BCUT2D eigenvalue weighted by Gasteiger charge is 2.17. The summed E-state index contributed by atoms with van der Waals surface area (Å²) in [6, 6.07) is 0. The predicted molar refractivity (Wildman–Crippen MR) is 45.0 cm³/mol. The van der Waals surface area contributed by atoms with Crippen LogP contribution in [-0.2, 0) is 4.74 Å². The molecule has 1 aromatic rings. The van der Waals surface area contributed by atoms with Crippen LogP contribution in [-0.4, -0.2) is 22.4 Å². The maximum absolute atomic E-state index is 9.13. The number of aliphatic hydroxyl groups excluding tert-OH is 1. The van der Waals surface area contributed by atoms with Gasteiger partial charge in [-0.05, 0) is 13.3 Å². The molecule has 0 aliphatic carbocycles. The monoisotopic (exact) mass is 186 g/mol. The molecule has 1 aromatic heterocycles. The molecule has 5 heteroatoms. The number of methoxy groups -OCH3 is 1. The van der Waals surface area contributed by atoms with Crippen LogP contribution in [0.5, 0.6) is 0 Å². The first kappa shape index (κ1) is 10.1. The number of aliphatic hydroxyl groups is 1. The number of ether oxygens (including phenoxy) is 1. The highest BCUT2D eigenvalue weighted by atomic mass is 16.5. The van der Waals surface area contributed by atoms with E-state index in [1.165, 1.54) is 0 Å². The van der Waals surface area contributed by atoms with Crippen LogP contribution in [0.3, 0.4) is 0 Å². The Hall–Kier alpha value is -0.940. The average molecular weight is 186 g/mol. The quantitative estimate of drug-likeness (QED) is 0.765. The van der Waals surface area contributed by atoms with Crippen molar-refractivity contribution in [2.24, 2.45) is 0 Å². The lowest BCUT2D eigenvalue weighted by Crippen LogP contribution is -2.02. The molecule has 2 atom stereocenters. The molecule has 0 radical (unpaired) electrons. The summed E-state index contributed by atoms with van der Waals surface area (Å²) >= 11 is 0. The SMILES string of the molecule is CCC(OC)c1noc([C@H](C)O)n1. The van der Waals surface area contributed by atoms with Crippen molar-refractivity contribution in [3.8, 4) is 0 Å². The molecule has 74 valence electrons. The van der Waals surface area contributed by atoms with E-state index in [1.54, 1.807) is 14.0 Å². The van der Waals surface area contributed by atoms with Crippen molar-refractivity contribution in [1.82, 2.24) is 10.1 Å². The van der Waals surface area contributed by atoms with Gasteiger partial charge in [0.15, 0.2) is 0 Å². The van der Waals surface area contributed by atoms with E-state index in [-0.39, 0.29) is 12.0 Å². The maximum atomic E-state index is 9.13. The van der Waals surface area contributed by atoms with E-state index in [4.69, 9.17) is 14.4 Å². The van der Waals surface area contributed by atoms with Crippen LogP contribution in [0.25, 0.3) is 0 Å². The second-order valence-electron chi connectivity index (χ2n) is 2.80. The van der Waals surface area contributed by atoms with E-state index in [2.05, 4.69) is 10.1 Å². The van der Waals surface area contributed by atoms with E-state index < -0.39 is 6.10 Å². The Kier molecular flexibility index (Phi) is 3.39. The van der Waals surface area contributed by atoms with Crippen LogP contribution in [0.1, 0.15) is 44.2 Å². The summed E-state index contributed by atoms with van der Waals surface area (Å²) in [5, 5.41) is 12.8. The smallest absolute Gasteiger partial charge is 0.255 e. The summed E-state index contributed by atoms with van der Waals surface area (Å²) in [6.07, 6.45) is -0.109. The fourth-order valence-electron chi connectivity index (χ4n) is 1.00. The standard InChI is InChI=1S/C8H14N2O3/c1-4-6(12-3)7-9-8(5(2)11)13-10-7/h5-6,11H,4H2,1-3H3/t5-,6?/m0/s1. The Morgan fingerprint density at radius 2 is 2.31 bits per heavy atom. The molecule has 13 heavy (non-hydrogen) atoms. The fraction of sp³-hybridized carbons (Fsp3) is 0.750. The lowest BCUT2D eigenvalue weighted by molar-refractivity contribution is 0.0902. The molecule has 0 aromatic carbocycles. The molecule has 0 fully saturated rings. The van der Waals surface area contributed by atoms with Crippen LogP contribution in [0, 0.1) is 0 Å². The summed E-state index contributed by atoms with van der Waals surface area (Å²) in [5.41, 5.74) is 0. The Bertz CT molecular complexity index is 256. The van der Waals surface area contributed by atoms with Gasteiger partial charge in [0.1, 0.15) is 12.2 Å². The number of rotatable bonds is 4. The van der Waals surface area contributed by atoms with Gasteiger partial charge in [-0.2, -0.15) is 4.98 Å². The lowest BCUT2D eigenvalue weighted by Gasteiger charge is -2.06. The molecule has 1 heterocycles. The van der Waals surface area contributed by atoms with Crippen LogP contribution in [0.15, 0.2) is 4.52 Å². The van der Waals surface area contributed by atoms with E-state index in [0.717, 1.165) is 6.42 Å². The summed E-state index contributed by atoms with van der Waals surface area (Å²) < 4.78 is 9.93. The Balaban J connectivity index is 2.78. The number of hydrogen-bond acceptors (Lipinski definition) is 5. The second-order valence-corrected chi connectivity index (χ2v) is 2.80. The summed E-state index contributed by atoms with van der Waals surface area (Å²) in [4.78, 5) is 4.00. The molecule has 0 saturated heterocycles. The van der Waals surface area contributed by atoms with E-state index in [9.17, 15) is 0 Å². The lowest BCUT2D eigenvalue weighted by atomic mass is 10.2. The Morgan fingerprint density at radius 3 is 2.69 bits per heavy atom. The highest BCUT2D eigenvalue weighted by molar-refractivity contribution is 4.92. The number of nitrogens with zero attached hydrogens (tertiary/aromatic N) is 2. The third kappa shape index (κ3) is 2.26. The first-order valence-corrected chi connectivity index (χ1v) is 4.23. The van der Waals surface area contributed by atoms with Gasteiger partial charge in [0.05, 0.1) is 0 Å². The zero-order valence-corrected chi connectivity index (χ0v) is 8.02. The van der Waals surface area contributed by atoms with E-state index in [1.807, 2.05) is 6.92 Å². The molecular weight excluding hydrogens is 172 g/mol. The van der Waals surface area contributed by atoms with Crippen molar-refractivity contribution in [3.05, 3.63) is 11.7 Å².